The van der Waals surface area contributed by atoms with E-state index in [9.17, 15) is 13.5 Å². The van der Waals surface area contributed by atoms with E-state index in [1.54, 1.807) is 0 Å². The summed E-state index contributed by atoms with van der Waals surface area (Å²) in [5, 5.41) is 9.34. The molecule has 0 amide bonds. The Morgan fingerprint density at radius 1 is 1.20 bits per heavy atom. The average Bonchev–Trinajstić information content (AvgIpc) is 2.08. The van der Waals surface area contributed by atoms with Gasteiger partial charge in [0.25, 0.3) is 10.1 Å². The Morgan fingerprint density at radius 2 is 1.80 bits per heavy atom. The molecule has 0 spiro atoms. The molecular formula is C9H21NaO4S. The van der Waals surface area contributed by atoms with E-state index in [-0.39, 0.29) is 43.2 Å². The summed E-state index contributed by atoms with van der Waals surface area (Å²) >= 11 is 0. The molecule has 0 saturated carbocycles. The standard InChI is InChI=1S/C9H20O4S.Na.H/c1-2-3-4-5-6-9(10)7-8-14(11,12)13;;/h9-10H,2-8H2,1H3,(H,11,12,13);;/q;+1;-1. The summed E-state index contributed by atoms with van der Waals surface area (Å²) in [6.45, 7) is 2.11. The van der Waals surface area contributed by atoms with Crippen LogP contribution in [0.5, 0.6) is 0 Å². The van der Waals surface area contributed by atoms with Crippen LogP contribution in [-0.4, -0.2) is 29.9 Å². The van der Waals surface area contributed by atoms with E-state index in [2.05, 4.69) is 6.92 Å². The van der Waals surface area contributed by atoms with Crippen LogP contribution < -0.4 is 29.6 Å². The minimum atomic E-state index is -3.91. The van der Waals surface area contributed by atoms with Crippen LogP contribution in [0, 0.1) is 0 Å². The van der Waals surface area contributed by atoms with Gasteiger partial charge < -0.3 is 6.53 Å². The molecule has 0 aliphatic heterocycles. The third-order valence-electron chi connectivity index (χ3n) is 2.10. The molecule has 0 fully saturated rings. The van der Waals surface area contributed by atoms with Gasteiger partial charge in [0.15, 0.2) is 0 Å². The number of aliphatic hydroxyl groups is 1. The molecule has 0 aliphatic carbocycles. The van der Waals surface area contributed by atoms with Crippen molar-refractivity contribution in [3.63, 3.8) is 0 Å². The smallest absolute Gasteiger partial charge is 1.00 e. The summed E-state index contributed by atoms with van der Waals surface area (Å²) in [5.41, 5.74) is 0. The Bertz CT molecular complexity index is 234. The maximum absolute atomic E-state index is 10.4. The molecule has 4 nitrogen and oxygen atoms in total. The molecule has 15 heavy (non-hydrogen) atoms. The first-order chi connectivity index (χ1) is 6.45. The number of aliphatic hydroxyl groups excluding tert-OH is 1. The molecule has 6 heteroatoms. The van der Waals surface area contributed by atoms with Crippen LogP contribution in [0.4, 0.5) is 0 Å². The first-order valence-corrected chi connectivity index (χ1v) is 6.70. The molecule has 1 atom stereocenters. The number of rotatable bonds is 8. The average molecular weight is 248 g/mol. The van der Waals surface area contributed by atoms with E-state index in [4.69, 9.17) is 4.55 Å². The van der Waals surface area contributed by atoms with Crippen LogP contribution in [0.3, 0.4) is 0 Å². The number of unbranched alkanes of at least 4 members (excludes halogenated alkanes) is 3. The van der Waals surface area contributed by atoms with Gasteiger partial charge in [-0.05, 0) is 12.8 Å². The topological polar surface area (TPSA) is 74.6 Å². The zero-order valence-electron chi connectivity index (χ0n) is 10.6. The normalized spacial score (nSPS) is 13.3. The summed E-state index contributed by atoms with van der Waals surface area (Å²) in [5.74, 6) is -0.345. The maximum Gasteiger partial charge on any atom is 1.00 e. The molecule has 0 bridgehead atoms. The summed E-state index contributed by atoms with van der Waals surface area (Å²) in [4.78, 5) is 0. The SMILES string of the molecule is CCCCCCC(O)CCS(=O)(=O)O.[H-].[Na+]. The third kappa shape index (κ3) is 14.9. The van der Waals surface area contributed by atoms with E-state index in [0.29, 0.717) is 6.42 Å². The minimum absolute atomic E-state index is 0. The van der Waals surface area contributed by atoms with Crippen LogP contribution in [0.25, 0.3) is 0 Å². The van der Waals surface area contributed by atoms with E-state index >= 15 is 0 Å². The van der Waals surface area contributed by atoms with Crippen LogP contribution in [0.15, 0.2) is 0 Å². The van der Waals surface area contributed by atoms with E-state index in [0.717, 1.165) is 25.7 Å². The zero-order valence-corrected chi connectivity index (χ0v) is 12.5. The van der Waals surface area contributed by atoms with Gasteiger partial charge in [0, 0.05) is 0 Å². The zero-order chi connectivity index (χ0) is 11.0. The second-order valence-corrected chi connectivity index (χ2v) is 5.15. The summed E-state index contributed by atoms with van der Waals surface area (Å²) in [6.07, 6.45) is 4.42. The predicted molar refractivity (Wildman–Crippen MR) is 56.9 cm³/mol. The summed E-state index contributed by atoms with van der Waals surface area (Å²) in [7, 11) is -3.91. The fourth-order valence-corrected chi connectivity index (χ4v) is 1.81. The molecule has 1 unspecified atom stereocenters. The van der Waals surface area contributed by atoms with E-state index in [1.807, 2.05) is 0 Å². The van der Waals surface area contributed by atoms with Crippen LogP contribution in [0.1, 0.15) is 46.9 Å². The van der Waals surface area contributed by atoms with Gasteiger partial charge in [-0.3, -0.25) is 4.55 Å². The first-order valence-electron chi connectivity index (χ1n) is 5.09. The van der Waals surface area contributed by atoms with Gasteiger partial charge in [-0.15, -0.1) is 0 Å². The largest absolute Gasteiger partial charge is 1.00 e. The molecule has 0 aromatic rings. The van der Waals surface area contributed by atoms with Crippen LogP contribution in [-0.2, 0) is 10.1 Å². The quantitative estimate of drug-likeness (QED) is 0.318. The summed E-state index contributed by atoms with van der Waals surface area (Å²) < 4.78 is 29.2. The van der Waals surface area contributed by atoms with Crippen molar-refractivity contribution >= 4 is 10.1 Å². The molecule has 0 aromatic carbocycles. The van der Waals surface area contributed by atoms with E-state index in [1.165, 1.54) is 0 Å². The van der Waals surface area contributed by atoms with Crippen molar-refractivity contribution in [3.05, 3.63) is 0 Å². The van der Waals surface area contributed by atoms with Gasteiger partial charge >= 0.3 is 29.6 Å². The molecule has 0 saturated heterocycles. The van der Waals surface area contributed by atoms with Gasteiger partial charge in [0.05, 0.1) is 11.9 Å². The van der Waals surface area contributed by atoms with Gasteiger partial charge in [-0.25, -0.2) is 0 Å². The number of hydrogen-bond donors (Lipinski definition) is 2. The van der Waals surface area contributed by atoms with Crippen molar-refractivity contribution in [2.45, 2.75) is 51.6 Å². The molecule has 0 rings (SSSR count). The maximum atomic E-state index is 10.4. The van der Waals surface area contributed by atoms with Crippen molar-refractivity contribution in [2.75, 3.05) is 5.75 Å². The fourth-order valence-electron chi connectivity index (χ4n) is 1.24. The van der Waals surface area contributed by atoms with Crippen molar-refractivity contribution < 1.29 is 49.1 Å². The summed E-state index contributed by atoms with van der Waals surface area (Å²) in [6, 6.07) is 0. The van der Waals surface area contributed by atoms with Gasteiger partial charge in [0.2, 0.25) is 0 Å². The molecule has 0 aliphatic rings. The Morgan fingerprint density at radius 3 is 2.27 bits per heavy atom. The van der Waals surface area contributed by atoms with Crippen LogP contribution in [0.2, 0.25) is 0 Å². The van der Waals surface area contributed by atoms with Crippen molar-refractivity contribution in [3.8, 4) is 0 Å². The van der Waals surface area contributed by atoms with Gasteiger partial charge in [-0.2, -0.15) is 8.42 Å². The Balaban J connectivity index is -0.000000845. The first kappa shape index (κ1) is 18.2. The van der Waals surface area contributed by atoms with E-state index < -0.39 is 16.2 Å². The Labute approximate surface area is 116 Å². The minimum Gasteiger partial charge on any atom is -1.00 e. The number of hydrogen-bond acceptors (Lipinski definition) is 3. The monoisotopic (exact) mass is 248 g/mol. The molecule has 0 aromatic heterocycles. The van der Waals surface area contributed by atoms with Crippen LogP contribution >= 0.6 is 0 Å². The second kappa shape index (κ2) is 10.1. The molecule has 0 heterocycles. The fraction of sp³-hybridized carbons (Fsp3) is 1.00. The van der Waals surface area contributed by atoms with Gasteiger partial charge in [0.1, 0.15) is 0 Å². The Hall–Kier alpha value is 0.870. The molecule has 88 valence electrons. The molecule has 2 N–H and O–H groups in total. The second-order valence-electron chi connectivity index (χ2n) is 3.58. The molecular weight excluding hydrogens is 227 g/mol. The Kier molecular flexibility index (Phi) is 12.2. The van der Waals surface area contributed by atoms with Crippen molar-refractivity contribution in [1.82, 2.24) is 0 Å². The van der Waals surface area contributed by atoms with Gasteiger partial charge in [-0.1, -0.05) is 32.6 Å². The van der Waals surface area contributed by atoms with Crippen molar-refractivity contribution in [2.24, 2.45) is 0 Å². The third-order valence-corrected chi connectivity index (χ3v) is 2.85. The van der Waals surface area contributed by atoms with Crippen molar-refractivity contribution in [1.29, 1.82) is 0 Å². The molecule has 0 radical (unpaired) electrons. The predicted octanol–water partition coefficient (Wildman–Crippen LogP) is -1.29.